The molecule has 0 aliphatic heterocycles. The zero-order valence-corrected chi connectivity index (χ0v) is 6.81. The Bertz CT molecular complexity index is 159. The van der Waals surface area contributed by atoms with Crippen molar-refractivity contribution >= 4 is 5.78 Å². The van der Waals surface area contributed by atoms with Crippen molar-refractivity contribution in [3.05, 3.63) is 0 Å². The highest BCUT2D eigenvalue weighted by molar-refractivity contribution is 5.83. The molecule has 0 unspecified atom stereocenters. The first-order chi connectivity index (χ1) is 5.36. The van der Waals surface area contributed by atoms with E-state index in [9.17, 15) is 4.79 Å². The Balaban J connectivity index is 1.63. The summed E-state index contributed by atoms with van der Waals surface area (Å²) < 4.78 is 0. The summed E-state index contributed by atoms with van der Waals surface area (Å²) in [6.45, 7) is 0.634. The molecule has 0 amide bonds. The van der Waals surface area contributed by atoms with Gasteiger partial charge in [0.05, 0.1) is 6.54 Å². The number of rotatable bonds is 4. The maximum Gasteiger partial charge on any atom is 0.149 e. The monoisotopic (exact) mass is 153 g/mol. The molecule has 1 N–H and O–H groups in total. The van der Waals surface area contributed by atoms with E-state index in [1.807, 2.05) is 0 Å². The van der Waals surface area contributed by atoms with E-state index in [1.165, 1.54) is 19.3 Å². The molecule has 0 atom stereocenters. The Kier molecular flexibility index (Phi) is 1.95. The van der Waals surface area contributed by atoms with Crippen LogP contribution in [0.4, 0.5) is 0 Å². The van der Waals surface area contributed by atoms with Crippen LogP contribution in [-0.2, 0) is 4.79 Å². The van der Waals surface area contributed by atoms with Crippen LogP contribution in [0.15, 0.2) is 0 Å². The van der Waals surface area contributed by atoms with Gasteiger partial charge in [0.1, 0.15) is 5.78 Å². The summed E-state index contributed by atoms with van der Waals surface area (Å²) in [5, 5.41) is 3.26. The van der Waals surface area contributed by atoms with Gasteiger partial charge in [-0.1, -0.05) is 6.42 Å². The van der Waals surface area contributed by atoms with Crippen LogP contribution in [0.3, 0.4) is 0 Å². The molecule has 0 aromatic rings. The van der Waals surface area contributed by atoms with Gasteiger partial charge in [0, 0.05) is 12.0 Å². The number of carbonyl (C=O) groups excluding carboxylic acids is 1. The van der Waals surface area contributed by atoms with Crippen molar-refractivity contribution in [1.29, 1.82) is 0 Å². The molecule has 0 aromatic carbocycles. The van der Waals surface area contributed by atoms with E-state index in [2.05, 4.69) is 5.32 Å². The average molecular weight is 153 g/mol. The Hall–Kier alpha value is -0.370. The largest absolute Gasteiger partial charge is 0.307 e. The van der Waals surface area contributed by atoms with Gasteiger partial charge in [-0.3, -0.25) is 4.79 Å². The molecule has 2 saturated carbocycles. The van der Waals surface area contributed by atoms with Gasteiger partial charge in [-0.25, -0.2) is 0 Å². The smallest absolute Gasteiger partial charge is 0.149 e. The summed E-state index contributed by atoms with van der Waals surface area (Å²) in [4.78, 5) is 11.3. The summed E-state index contributed by atoms with van der Waals surface area (Å²) in [6, 6.07) is 0.680. The van der Waals surface area contributed by atoms with E-state index in [4.69, 9.17) is 0 Å². The molecular weight excluding hydrogens is 138 g/mol. The summed E-state index contributed by atoms with van der Waals surface area (Å²) in [5.74, 6) is 0.865. The second-order valence-corrected chi connectivity index (χ2v) is 3.75. The minimum absolute atomic E-state index is 0.418. The highest BCUT2D eigenvalue weighted by atomic mass is 16.1. The van der Waals surface area contributed by atoms with Crippen LogP contribution in [-0.4, -0.2) is 18.4 Å². The molecule has 0 saturated heterocycles. The average Bonchev–Trinajstić information content (AvgIpc) is 2.61. The number of hydrogen-bond donors (Lipinski definition) is 1. The van der Waals surface area contributed by atoms with Gasteiger partial charge in [0.15, 0.2) is 0 Å². The zero-order chi connectivity index (χ0) is 7.68. The molecule has 2 fully saturated rings. The first-order valence-corrected chi connectivity index (χ1v) is 4.62. The van der Waals surface area contributed by atoms with Crippen molar-refractivity contribution < 1.29 is 4.79 Å². The van der Waals surface area contributed by atoms with Crippen molar-refractivity contribution in [1.82, 2.24) is 5.32 Å². The Morgan fingerprint density at radius 2 is 2.00 bits per heavy atom. The fourth-order valence-electron chi connectivity index (χ4n) is 1.41. The second-order valence-electron chi connectivity index (χ2n) is 3.75. The SMILES string of the molecule is O=C(CNC1CC1)C1CCC1. The van der Waals surface area contributed by atoms with Gasteiger partial charge in [-0.05, 0) is 25.7 Å². The third kappa shape index (κ3) is 1.80. The Morgan fingerprint density at radius 1 is 1.27 bits per heavy atom. The second kappa shape index (κ2) is 2.94. The first kappa shape index (κ1) is 7.29. The van der Waals surface area contributed by atoms with Gasteiger partial charge >= 0.3 is 0 Å². The van der Waals surface area contributed by atoms with E-state index in [0.29, 0.717) is 24.3 Å². The van der Waals surface area contributed by atoms with Gasteiger partial charge in [0.2, 0.25) is 0 Å². The molecule has 11 heavy (non-hydrogen) atoms. The predicted molar refractivity (Wildman–Crippen MR) is 43.4 cm³/mol. The van der Waals surface area contributed by atoms with Gasteiger partial charge in [-0.2, -0.15) is 0 Å². The normalized spacial score (nSPS) is 24.7. The van der Waals surface area contributed by atoms with Crippen molar-refractivity contribution in [2.45, 2.75) is 38.1 Å². The zero-order valence-electron chi connectivity index (χ0n) is 6.81. The first-order valence-electron chi connectivity index (χ1n) is 4.62. The lowest BCUT2D eigenvalue weighted by Crippen LogP contribution is -2.32. The Labute approximate surface area is 67.4 Å². The number of carbonyl (C=O) groups is 1. The topological polar surface area (TPSA) is 29.1 Å². The van der Waals surface area contributed by atoms with Crippen LogP contribution in [0.1, 0.15) is 32.1 Å². The minimum atomic E-state index is 0.418. The number of hydrogen-bond acceptors (Lipinski definition) is 2. The molecule has 0 radical (unpaired) electrons. The van der Waals surface area contributed by atoms with Crippen LogP contribution in [0, 0.1) is 5.92 Å². The van der Waals surface area contributed by atoms with Gasteiger partial charge < -0.3 is 5.32 Å². The maximum absolute atomic E-state index is 11.3. The maximum atomic E-state index is 11.3. The van der Waals surface area contributed by atoms with E-state index in [1.54, 1.807) is 0 Å². The third-order valence-electron chi connectivity index (χ3n) is 2.70. The molecule has 2 rings (SSSR count). The van der Waals surface area contributed by atoms with Gasteiger partial charge in [0.25, 0.3) is 0 Å². The van der Waals surface area contributed by atoms with E-state index < -0.39 is 0 Å². The fourth-order valence-corrected chi connectivity index (χ4v) is 1.41. The molecule has 2 aliphatic carbocycles. The third-order valence-corrected chi connectivity index (χ3v) is 2.70. The van der Waals surface area contributed by atoms with Crippen LogP contribution in [0.2, 0.25) is 0 Å². The number of ketones is 1. The molecule has 0 heterocycles. The lowest BCUT2D eigenvalue weighted by Gasteiger charge is -2.23. The van der Waals surface area contributed by atoms with Crippen molar-refractivity contribution in [3.8, 4) is 0 Å². The lowest BCUT2D eigenvalue weighted by atomic mass is 9.82. The highest BCUT2D eigenvalue weighted by Gasteiger charge is 2.27. The van der Waals surface area contributed by atoms with E-state index in [0.717, 1.165) is 12.8 Å². The fraction of sp³-hybridized carbons (Fsp3) is 0.889. The van der Waals surface area contributed by atoms with E-state index >= 15 is 0 Å². The Morgan fingerprint density at radius 3 is 2.45 bits per heavy atom. The minimum Gasteiger partial charge on any atom is -0.307 e. The molecule has 2 nitrogen and oxygen atoms in total. The van der Waals surface area contributed by atoms with Gasteiger partial charge in [-0.15, -0.1) is 0 Å². The van der Waals surface area contributed by atoms with Crippen LogP contribution in [0.25, 0.3) is 0 Å². The molecule has 0 bridgehead atoms. The van der Waals surface area contributed by atoms with Crippen molar-refractivity contribution in [2.24, 2.45) is 5.92 Å². The predicted octanol–water partition coefficient (Wildman–Crippen LogP) is 1.11. The molecule has 0 spiro atoms. The van der Waals surface area contributed by atoms with Crippen LogP contribution in [0.5, 0.6) is 0 Å². The summed E-state index contributed by atoms with van der Waals surface area (Å²) >= 11 is 0. The number of Topliss-reactive ketones (excluding diaryl/α,β-unsaturated/α-hetero) is 1. The summed E-state index contributed by atoms with van der Waals surface area (Å²) in [6.07, 6.45) is 6.10. The molecule has 2 heteroatoms. The molecule has 2 aliphatic rings. The standard InChI is InChI=1S/C9H15NO/c11-9(7-2-1-3-7)6-10-8-4-5-8/h7-8,10H,1-6H2. The van der Waals surface area contributed by atoms with Crippen molar-refractivity contribution in [2.75, 3.05) is 6.54 Å². The van der Waals surface area contributed by atoms with Crippen molar-refractivity contribution in [3.63, 3.8) is 0 Å². The number of nitrogens with one attached hydrogen (secondary N) is 1. The lowest BCUT2D eigenvalue weighted by molar-refractivity contribution is -0.124. The molecule has 62 valence electrons. The summed E-state index contributed by atoms with van der Waals surface area (Å²) in [7, 11) is 0. The van der Waals surface area contributed by atoms with Crippen LogP contribution >= 0.6 is 0 Å². The van der Waals surface area contributed by atoms with Crippen LogP contribution < -0.4 is 5.32 Å². The summed E-state index contributed by atoms with van der Waals surface area (Å²) in [5.41, 5.74) is 0. The molecular formula is C9H15NO. The highest BCUT2D eigenvalue weighted by Crippen LogP contribution is 2.27. The van der Waals surface area contributed by atoms with E-state index in [-0.39, 0.29) is 0 Å². The quantitative estimate of drug-likeness (QED) is 0.655. The molecule has 0 aromatic heterocycles.